The van der Waals surface area contributed by atoms with Crippen molar-refractivity contribution >= 4 is 35.2 Å². The third kappa shape index (κ3) is 4.90. The predicted molar refractivity (Wildman–Crippen MR) is 85.0 cm³/mol. The number of esters is 3. The molecule has 0 radical (unpaired) electrons. The van der Waals surface area contributed by atoms with Gasteiger partial charge in [-0.05, 0) is 12.1 Å². The molecule has 9 nitrogen and oxygen atoms in total. The molecule has 1 atom stereocenters. The quantitative estimate of drug-likeness (QED) is 0.233. The number of methoxy groups -OCH3 is 3. The Morgan fingerprint density at radius 2 is 1.68 bits per heavy atom. The number of benzene rings is 1. The number of nitro benzene ring substituents is 1. The lowest BCUT2D eigenvalue weighted by molar-refractivity contribution is -0.385. The number of ether oxygens (including phenoxy) is 3. The van der Waals surface area contributed by atoms with Crippen molar-refractivity contribution in [3.05, 3.63) is 38.9 Å². The molecule has 0 spiro atoms. The highest BCUT2D eigenvalue weighted by Crippen LogP contribution is 2.37. The second-order valence-electron chi connectivity index (χ2n) is 4.87. The van der Waals surface area contributed by atoms with E-state index in [1.54, 1.807) is 0 Å². The summed E-state index contributed by atoms with van der Waals surface area (Å²) in [5, 5.41) is 11.4. The Kier molecular flexibility index (Phi) is 7.31. The molecule has 0 saturated carbocycles. The summed E-state index contributed by atoms with van der Waals surface area (Å²) in [6, 6.07) is 3.61. The Hall–Kier alpha value is -2.68. The van der Waals surface area contributed by atoms with Crippen LogP contribution in [0, 0.1) is 16.0 Å². The van der Waals surface area contributed by atoms with Crippen LogP contribution in [0.1, 0.15) is 17.9 Å². The van der Waals surface area contributed by atoms with E-state index in [1.807, 2.05) is 0 Å². The third-order valence-corrected chi connectivity index (χ3v) is 3.75. The van der Waals surface area contributed by atoms with Gasteiger partial charge in [0.05, 0.1) is 32.7 Å². The van der Waals surface area contributed by atoms with Crippen molar-refractivity contribution in [2.75, 3.05) is 21.3 Å². The second-order valence-corrected chi connectivity index (χ2v) is 5.31. The lowest BCUT2D eigenvalue weighted by atomic mass is 9.82. The van der Waals surface area contributed by atoms with Crippen LogP contribution in [0.2, 0.25) is 5.02 Å². The van der Waals surface area contributed by atoms with Gasteiger partial charge in [0.25, 0.3) is 5.69 Å². The molecule has 0 aliphatic rings. The van der Waals surface area contributed by atoms with E-state index in [0.29, 0.717) is 0 Å². The van der Waals surface area contributed by atoms with Crippen molar-refractivity contribution < 1.29 is 33.5 Å². The molecular formula is C15H16ClNO8. The molecule has 1 aromatic rings. The monoisotopic (exact) mass is 373 g/mol. The molecular weight excluding hydrogens is 358 g/mol. The van der Waals surface area contributed by atoms with Gasteiger partial charge in [0, 0.05) is 22.6 Å². The van der Waals surface area contributed by atoms with Crippen LogP contribution in [0.3, 0.4) is 0 Å². The number of nitro groups is 1. The van der Waals surface area contributed by atoms with Crippen molar-refractivity contribution in [2.24, 2.45) is 5.92 Å². The molecule has 0 bridgehead atoms. The fourth-order valence-corrected chi connectivity index (χ4v) is 2.52. The number of nitrogens with zero attached hydrogens (tertiary/aromatic N) is 1. The summed E-state index contributed by atoms with van der Waals surface area (Å²) in [6.07, 6.45) is -0.494. The van der Waals surface area contributed by atoms with Gasteiger partial charge in [0.15, 0.2) is 5.92 Å². The standard InChI is InChI=1S/C15H16ClNO8/c1-23-12(18)7-10(13(14(19)24-2)15(20)25-3)9-6-8(16)4-5-11(9)17(21)22/h4-6,10,13H,7H2,1-3H3. The van der Waals surface area contributed by atoms with Gasteiger partial charge < -0.3 is 14.2 Å². The molecule has 0 heterocycles. The van der Waals surface area contributed by atoms with Crippen LogP contribution in [0.4, 0.5) is 5.69 Å². The summed E-state index contributed by atoms with van der Waals surface area (Å²) in [4.78, 5) is 46.5. The second kappa shape index (κ2) is 8.97. The van der Waals surface area contributed by atoms with Crippen LogP contribution in [0.5, 0.6) is 0 Å². The molecule has 0 amide bonds. The zero-order valence-corrected chi connectivity index (χ0v) is 14.4. The fourth-order valence-electron chi connectivity index (χ4n) is 2.34. The smallest absolute Gasteiger partial charge is 0.320 e. The van der Waals surface area contributed by atoms with E-state index < -0.39 is 46.8 Å². The van der Waals surface area contributed by atoms with Crippen LogP contribution in [0.25, 0.3) is 0 Å². The maximum Gasteiger partial charge on any atom is 0.320 e. The van der Waals surface area contributed by atoms with Crippen molar-refractivity contribution in [1.82, 2.24) is 0 Å². The van der Waals surface area contributed by atoms with Gasteiger partial charge in [0.2, 0.25) is 0 Å². The van der Waals surface area contributed by atoms with Gasteiger partial charge in [-0.15, -0.1) is 0 Å². The highest BCUT2D eigenvalue weighted by Gasteiger charge is 2.42. The van der Waals surface area contributed by atoms with Gasteiger partial charge in [0.1, 0.15) is 0 Å². The van der Waals surface area contributed by atoms with Gasteiger partial charge in [-0.2, -0.15) is 0 Å². The highest BCUT2D eigenvalue weighted by molar-refractivity contribution is 6.30. The first-order chi connectivity index (χ1) is 11.8. The van der Waals surface area contributed by atoms with Crippen LogP contribution < -0.4 is 0 Å². The molecule has 1 rings (SSSR count). The Morgan fingerprint density at radius 3 is 2.12 bits per heavy atom. The molecule has 0 saturated heterocycles. The summed E-state index contributed by atoms with van der Waals surface area (Å²) in [5.41, 5.74) is -0.486. The van der Waals surface area contributed by atoms with Crippen molar-refractivity contribution in [3.63, 3.8) is 0 Å². The van der Waals surface area contributed by atoms with E-state index in [1.165, 1.54) is 12.1 Å². The molecule has 10 heteroatoms. The number of hydrogen-bond donors (Lipinski definition) is 0. The molecule has 1 aromatic carbocycles. The maximum atomic E-state index is 12.1. The van der Waals surface area contributed by atoms with Crippen LogP contribution in [0.15, 0.2) is 18.2 Å². The van der Waals surface area contributed by atoms with E-state index in [9.17, 15) is 24.5 Å². The Labute approximate surface area is 147 Å². The summed E-state index contributed by atoms with van der Waals surface area (Å²) < 4.78 is 13.7. The average molecular weight is 374 g/mol. The lowest BCUT2D eigenvalue weighted by Crippen LogP contribution is -2.34. The normalized spacial score (nSPS) is 11.6. The molecule has 136 valence electrons. The first-order valence-corrected chi connectivity index (χ1v) is 7.30. The number of hydrogen-bond acceptors (Lipinski definition) is 8. The summed E-state index contributed by atoms with van der Waals surface area (Å²) in [5.74, 6) is -5.65. The maximum absolute atomic E-state index is 12.1. The summed E-state index contributed by atoms with van der Waals surface area (Å²) in [7, 11) is 3.19. The zero-order chi connectivity index (χ0) is 19.1. The van der Waals surface area contributed by atoms with Gasteiger partial charge in [-0.1, -0.05) is 11.6 Å². The molecule has 0 aromatic heterocycles. The zero-order valence-electron chi connectivity index (χ0n) is 13.7. The lowest BCUT2D eigenvalue weighted by Gasteiger charge is -2.23. The molecule has 25 heavy (non-hydrogen) atoms. The summed E-state index contributed by atoms with van der Waals surface area (Å²) in [6.45, 7) is 0. The van der Waals surface area contributed by atoms with Crippen molar-refractivity contribution in [3.8, 4) is 0 Å². The third-order valence-electron chi connectivity index (χ3n) is 3.51. The minimum atomic E-state index is -1.61. The van der Waals surface area contributed by atoms with Crippen LogP contribution in [-0.2, 0) is 28.6 Å². The van der Waals surface area contributed by atoms with E-state index in [0.717, 1.165) is 27.4 Å². The van der Waals surface area contributed by atoms with Crippen molar-refractivity contribution in [1.29, 1.82) is 0 Å². The highest BCUT2D eigenvalue weighted by atomic mass is 35.5. The SMILES string of the molecule is COC(=O)CC(c1cc(Cl)ccc1[N+](=O)[O-])C(C(=O)OC)C(=O)OC. The predicted octanol–water partition coefficient (Wildman–Crippen LogP) is 1.86. The van der Waals surface area contributed by atoms with Crippen LogP contribution >= 0.6 is 11.6 Å². The van der Waals surface area contributed by atoms with Crippen LogP contribution in [-0.4, -0.2) is 44.2 Å². The minimum Gasteiger partial charge on any atom is -0.469 e. The number of carbonyl (C=O) groups excluding carboxylic acids is 3. The Bertz CT molecular complexity index is 674. The average Bonchev–Trinajstić information content (AvgIpc) is 2.59. The molecule has 0 aliphatic carbocycles. The minimum absolute atomic E-state index is 0.0799. The molecule has 0 fully saturated rings. The largest absolute Gasteiger partial charge is 0.469 e. The first kappa shape index (κ1) is 20.4. The Balaban J connectivity index is 3.59. The van der Waals surface area contributed by atoms with Gasteiger partial charge in [-0.3, -0.25) is 24.5 Å². The Morgan fingerprint density at radius 1 is 1.12 bits per heavy atom. The molecule has 0 N–H and O–H groups in total. The number of rotatable bonds is 7. The van der Waals surface area contributed by atoms with E-state index in [-0.39, 0.29) is 10.6 Å². The van der Waals surface area contributed by atoms with E-state index in [2.05, 4.69) is 14.2 Å². The summed E-state index contributed by atoms with van der Waals surface area (Å²) >= 11 is 5.90. The topological polar surface area (TPSA) is 122 Å². The number of carbonyl (C=O) groups is 3. The van der Waals surface area contributed by atoms with Gasteiger partial charge >= 0.3 is 17.9 Å². The van der Waals surface area contributed by atoms with Crippen molar-refractivity contribution in [2.45, 2.75) is 12.3 Å². The fraction of sp³-hybridized carbons (Fsp3) is 0.400. The van der Waals surface area contributed by atoms with Gasteiger partial charge in [-0.25, -0.2) is 0 Å². The molecule has 0 aliphatic heterocycles. The van der Waals surface area contributed by atoms with E-state index >= 15 is 0 Å². The number of halogens is 1. The molecule has 1 unspecified atom stereocenters. The van der Waals surface area contributed by atoms with E-state index in [4.69, 9.17) is 11.6 Å². The first-order valence-electron chi connectivity index (χ1n) is 6.93.